The number of benzene rings is 2. The van der Waals surface area contributed by atoms with E-state index in [0.29, 0.717) is 6.04 Å². The maximum absolute atomic E-state index is 6.11. The van der Waals surface area contributed by atoms with E-state index in [1.54, 1.807) is 0 Å². The van der Waals surface area contributed by atoms with Gasteiger partial charge in [-0.25, -0.2) is 0 Å². The Kier molecular flexibility index (Phi) is 6.10. The molecule has 2 atom stereocenters. The molecule has 3 rings (SSSR count). The van der Waals surface area contributed by atoms with E-state index in [1.165, 1.54) is 12.8 Å². The van der Waals surface area contributed by atoms with Gasteiger partial charge < -0.3 is 14.8 Å². The molecule has 1 heterocycles. The number of ether oxygens (including phenoxy) is 2. The second-order valence-electron chi connectivity index (χ2n) is 5.39. The van der Waals surface area contributed by atoms with Gasteiger partial charge in [0, 0.05) is 6.04 Å². The van der Waals surface area contributed by atoms with Gasteiger partial charge in [0.2, 0.25) is 0 Å². The highest BCUT2D eigenvalue weighted by molar-refractivity contribution is 5.85. The lowest BCUT2D eigenvalue weighted by Gasteiger charge is -2.22. The van der Waals surface area contributed by atoms with Crippen LogP contribution in [0.1, 0.15) is 19.8 Å². The Hall–Kier alpha value is -1.71. The number of para-hydroxylation sites is 3. The Balaban J connectivity index is 0.00000176. The molecule has 0 spiro atoms. The summed E-state index contributed by atoms with van der Waals surface area (Å²) in [5.74, 6) is 2.37. The number of rotatable bonds is 5. The molecule has 2 aromatic carbocycles. The highest BCUT2D eigenvalue weighted by atomic mass is 35.5. The molecule has 1 saturated heterocycles. The van der Waals surface area contributed by atoms with Crippen molar-refractivity contribution in [2.75, 3.05) is 6.54 Å². The zero-order chi connectivity index (χ0) is 14.5. The van der Waals surface area contributed by atoms with Gasteiger partial charge in [0.15, 0.2) is 11.5 Å². The van der Waals surface area contributed by atoms with Crippen LogP contribution >= 0.6 is 12.4 Å². The Morgan fingerprint density at radius 2 is 1.68 bits per heavy atom. The zero-order valence-corrected chi connectivity index (χ0v) is 13.5. The molecule has 0 aromatic heterocycles. The lowest BCUT2D eigenvalue weighted by molar-refractivity contribution is 0.174. The summed E-state index contributed by atoms with van der Waals surface area (Å²) in [6.45, 7) is 3.20. The predicted octanol–water partition coefficient (Wildman–Crippen LogP) is 4.42. The van der Waals surface area contributed by atoms with Crippen LogP contribution in [0.5, 0.6) is 17.2 Å². The van der Waals surface area contributed by atoms with Gasteiger partial charge in [-0.05, 0) is 50.6 Å². The van der Waals surface area contributed by atoms with Crippen LogP contribution in [0, 0.1) is 0 Å². The first kappa shape index (κ1) is 16.7. The van der Waals surface area contributed by atoms with Crippen LogP contribution in [0.15, 0.2) is 54.6 Å². The third kappa shape index (κ3) is 4.15. The van der Waals surface area contributed by atoms with E-state index >= 15 is 0 Å². The second kappa shape index (κ2) is 8.06. The lowest BCUT2D eigenvalue weighted by Crippen LogP contribution is -2.36. The van der Waals surface area contributed by atoms with E-state index in [9.17, 15) is 0 Å². The summed E-state index contributed by atoms with van der Waals surface area (Å²) in [5, 5.41) is 3.48. The van der Waals surface area contributed by atoms with Crippen molar-refractivity contribution in [3.8, 4) is 17.2 Å². The van der Waals surface area contributed by atoms with Gasteiger partial charge in [0.25, 0.3) is 0 Å². The first-order valence-corrected chi connectivity index (χ1v) is 7.55. The molecule has 3 nitrogen and oxygen atoms in total. The smallest absolute Gasteiger partial charge is 0.169 e. The average molecular weight is 320 g/mol. The van der Waals surface area contributed by atoms with Crippen molar-refractivity contribution >= 4 is 12.4 Å². The minimum Gasteiger partial charge on any atom is -0.485 e. The molecule has 0 saturated carbocycles. The molecule has 0 aliphatic carbocycles. The van der Waals surface area contributed by atoms with Gasteiger partial charge in [-0.3, -0.25) is 0 Å². The van der Waals surface area contributed by atoms with Crippen LogP contribution in [0.4, 0.5) is 0 Å². The Labute approximate surface area is 138 Å². The molecule has 2 aromatic rings. The minimum absolute atomic E-state index is 0. The van der Waals surface area contributed by atoms with E-state index in [-0.39, 0.29) is 18.5 Å². The van der Waals surface area contributed by atoms with Crippen LogP contribution in [0.25, 0.3) is 0 Å². The molecule has 1 aliphatic heterocycles. The van der Waals surface area contributed by atoms with Crippen molar-refractivity contribution in [3.63, 3.8) is 0 Å². The summed E-state index contributed by atoms with van der Waals surface area (Å²) in [6.07, 6.45) is 2.52. The Bertz CT molecular complexity index is 570. The fourth-order valence-corrected chi connectivity index (χ4v) is 2.64. The lowest BCUT2D eigenvalue weighted by atomic mass is 10.1. The molecular weight excluding hydrogens is 298 g/mol. The molecule has 0 bridgehead atoms. The molecule has 0 amide bonds. The second-order valence-corrected chi connectivity index (χ2v) is 5.39. The van der Waals surface area contributed by atoms with Crippen molar-refractivity contribution in [1.29, 1.82) is 0 Å². The number of hydrogen-bond donors (Lipinski definition) is 1. The molecule has 1 N–H and O–H groups in total. The quantitative estimate of drug-likeness (QED) is 0.885. The van der Waals surface area contributed by atoms with Gasteiger partial charge in [-0.15, -0.1) is 12.4 Å². The van der Waals surface area contributed by atoms with Gasteiger partial charge in [0.1, 0.15) is 11.9 Å². The van der Waals surface area contributed by atoms with E-state index in [4.69, 9.17) is 9.47 Å². The molecular formula is C18H22ClNO2. The van der Waals surface area contributed by atoms with Crippen molar-refractivity contribution in [1.82, 2.24) is 5.32 Å². The van der Waals surface area contributed by atoms with Crippen LogP contribution < -0.4 is 14.8 Å². The molecule has 118 valence electrons. The fourth-order valence-electron chi connectivity index (χ4n) is 2.64. The van der Waals surface area contributed by atoms with E-state index in [1.807, 2.05) is 54.6 Å². The summed E-state index contributed by atoms with van der Waals surface area (Å²) in [4.78, 5) is 0. The minimum atomic E-state index is 0. The van der Waals surface area contributed by atoms with Crippen LogP contribution in [-0.4, -0.2) is 18.7 Å². The maximum Gasteiger partial charge on any atom is 0.169 e. The van der Waals surface area contributed by atoms with E-state index in [0.717, 1.165) is 23.8 Å². The topological polar surface area (TPSA) is 30.5 Å². The van der Waals surface area contributed by atoms with Crippen molar-refractivity contribution in [3.05, 3.63) is 54.6 Å². The van der Waals surface area contributed by atoms with Crippen LogP contribution in [0.3, 0.4) is 0 Å². The standard InChI is InChI=1S/C18H21NO2.ClH/c1-14(16-10-7-13-19-16)20-17-11-5-6-12-18(17)21-15-8-3-2-4-9-15;/h2-6,8-9,11-12,14,16,19H,7,10,13H2,1H3;1H. The summed E-state index contributed by atoms with van der Waals surface area (Å²) >= 11 is 0. The van der Waals surface area contributed by atoms with Crippen molar-refractivity contribution in [2.45, 2.75) is 31.9 Å². The molecule has 22 heavy (non-hydrogen) atoms. The van der Waals surface area contributed by atoms with Crippen molar-refractivity contribution in [2.24, 2.45) is 0 Å². The maximum atomic E-state index is 6.11. The monoisotopic (exact) mass is 319 g/mol. The first-order valence-electron chi connectivity index (χ1n) is 7.55. The Morgan fingerprint density at radius 1 is 1.00 bits per heavy atom. The molecule has 1 aliphatic rings. The number of halogens is 1. The fraction of sp³-hybridized carbons (Fsp3) is 0.333. The summed E-state index contributed by atoms with van der Waals surface area (Å²) < 4.78 is 12.0. The Morgan fingerprint density at radius 3 is 2.36 bits per heavy atom. The van der Waals surface area contributed by atoms with E-state index in [2.05, 4.69) is 12.2 Å². The molecule has 1 fully saturated rings. The van der Waals surface area contributed by atoms with Gasteiger partial charge >= 0.3 is 0 Å². The third-order valence-electron chi connectivity index (χ3n) is 3.80. The van der Waals surface area contributed by atoms with E-state index < -0.39 is 0 Å². The highest BCUT2D eigenvalue weighted by Gasteiger charge is 2.23. The van der Waals surface area contributed by atoms with Crippen LogP contribution in [0.2, 0.25) is 0 Å². The SMILES string of the molecule is CC(Oc1ccccc1Oc1ccccc1)C1CCCN1.Cl. The third-order valence-corrected chi connectivity index (χ3v) is 3.80. The number of nitrogens with one attached hydrogen (secondary N) is 1. The highest BCUT2D eigenvalue weighted by Crippen LogP contribution is 2.32. The largest absolute Gasteiger partial charge is 0.485 e. The molecule has 0 radical (unpaired) electrons. The molecule has 4 heteroatoms. The summed E-state index contributed by atoms with van der Waals surface area (Å²) in [7, 11) is 0. The van der Waals surface area contributed by atoms with Gasteiger partial charge in [-0.1, -0.05) is 30.3 Å². The molecule has 2 unspecified atom stereocenters. The van der Waals surface area contributed by atoms with Crippen LogP contribution in [-0.2, 0) is 0 Å². The van der Waals surface area contributed by atoms with Gasteiger partial charge in [-0.2, -0.15) is 0 Å². The zero-order valence-electron chi connectivity index (χ0n) is 12.7. The first-order chi connectivity index (χ1) is 10.3. The number of hydrogen-bond acceptors (Lipinski definition) is 3. The van der Waals surface area contributed by atoms with Gasteiger partial charge in [0.05, 0.1) is 0 Å². The van der Waals surface area contributed by atoms with Crippen molar-refractivity contribution < 1.29 is 9.47 Å². The summed E-state index contributed by atoms with van der Waals surface area (Å²) in [5.41, 5.74) is 0. The normalized spacial score (nSPS) is 18.3. The summed E-state index contributed by atoms with van der Waals surface area (Å²) in [6, 6.07) is 18.1. The predicted molar refractivity (Wildman–Crippen MR) is 91.3 cm³/mol. The average Bonchev–Trinajstić information content (AvgIpc) is 3.05.